The van der Waals surface area contributed by atoms with Crippen molar-refractivity contribution in [1.29, 1.82) is 0 Å². The predicted octanol–water partition coefficient (Wildman–Crippen LogP) is 6.00. The molecule has 0 bridgehead atoms. The van der Waals surface area contributed by atoms with E-state index < -0.39 is 0 Å². The van der Waals surface area contributed by atoms with Gasteiger partial charge in [0.15, 0.2) is 0 Å². The van der Waals surface area contributed by atoms with Crippen LogP contribution in [0.5, 0.6) is 0 Å². The standard InChI is InChI=1S/C17H15BrClN/c1-10(2)7-11-8-16(19)14-9-15(18)12-5-3-4-6-13(12)17(14)20-11/h3-6,8-10H,7H2,1-2H3. The summed E-state index contributed by atoms with van der Waals surface area (Å²) in [7, 11) is 0. The Morgan fingerprint density at radius 2 is 1.80 bits per heavy atom. The van der Waals surface area contributed by atoms with Crippen molar-refractivity contribution in [1.82, 2.24) is 4.98 Å². The van der Waals surface area contributed by atoms with E-state index in [1.54, 1.807) is 0 Å². The van der Waals surface area contributed by atoms with Gasteiger partial charge in [-0.15, -0.1) is 0 Å². The van der Waals surface area contributed by atoms with Crippen LogP contribution in [0.25, 0.3) is 21.7 Å². The first-order valence-electron chi connectivity index (χ1n) is 6.72. The van der Waals surface area contributed by atoms with E-state index in [0.29, 0.717) is 5.92 Å². The molecule has 1 heterocycles. The molecule has 0 amide bonds. The first-order chi connectivity index (χ1) is 9.56. The molecule has 3 aromatic rings. The fourth-order valence-corrected chi connectivity index (χ4v) is 3.39. The summed E-state index contributed by atoms with van der Waals surface area (Å²) in [6.07, 6.45) is 0.944. The van der Waals surface area contributed by atoms with E-state index in [1.807, 2.05) is 18.2 Å². The van der Waals surface area contributed by atoms with Crippen molar-refractivity contribution in [3.63, 3.8) is 0 Å². The SMILES string of the molecule is CC(C)Cc1cc(Cl)c2cc(Br)c3ccccc3c2n1. The van der Waals surface area contributed by atoms with Gasteiger partial charge in [-0.25, -0.2) is 0 Å². The Hall–Kier alpha value is -1.12. The zero-order valence-corrected chi connectivity index (χ0v) is 13.8. The third-order valence-corrected chi connectivity index (χ3v) is 4.36. The number of benzene rings is 2. The average Bonchev–Trinajstić information content (AvgIpc) is 2.40. The van der Waals surface area contributed by atoms with Crippen molar-refractivity contribution >= 4 is 49.2 Å². The number of rotatable bonds is 2. The van der Waals surface area contributed by atoms with Crippen LogP contribution in [0.15, 0.2) is 40.9 Å². The molecule has 0 aliphatic carbocycles. The fourth-order valence-electron chi connectivity index (χ4n) is 2.54. The van der Waals surface area contributed by atoms with Crippen LogP contribution in [0.2, 0.25) is 5.02 Å². The molecule has 0 aliphatic rings. The molecule has 20 heavy (non-hydrogen) atoms. The monoisotopic (exact) mass is 347 g/mol. The lowest BCUT2D eigenvalue weighted by Crippen LogP contribution is -1.98. The molecule has 0 aliphatic heterocycles. The van der Waals surface area contributed by atoms with Gasteiger partial charge in [-0.2, -0.15) is 0 Å². The lowest BCUT2D eigenvalue weighted by molar-refractivity contribution is 0.637. The largest absolute Gasteiger partial charge is 0.252 e. The number of hydrogen-bond donors (Lipinski definition) is 0. The van der Waals surface area contributed by atoms with Crippen LogP contribution in [-0.2, 0) is 6.42 Å². The van der Waals surface area contributed by atoms with Crippen LogP contribution in [0.1, 0.15) is 19.5 Å². The van der Waals surface area contributed by atoms with E-state index in [2.05, 4.69) is 48.0 Å². The molecule has 2 aromatic carbocycles. The summed E-state index contributed by atoms with van der Waals surface area (Å²) in [5.41, 5.74) is 2.05. The molecular weight excluding hydrogens is 334 g/mol. The van der Waals surface area contributed by atoms with E-state index in [1.165, 1.54) is 5.39 Å². The highest BCUT2D eigenvalue weighted by molar-refractivity contribution is 9.10. The summed E-state index contributed by atoms with van der Waals surface area (Å²) in [6, 6.07) is 12.3. The van der Waals surface area contributed by atoms with Crippen molar-refractivity contribution in [3.05, 3.63) is 51.6 Å². The zero-order valence-electron chi connectivity index (χ0n) is 11.5. The van der Waals surface area contributed by atoms with Gasteiger partial charge in [0.1, 0.15) is 0 Å². The van der Waals surface area contributed by atoms with Crippen LogP contribution in [0, 0.1) is 5.92 Å². The molecule has 0 fully saturated rings. The summed E-state index contributed by atoms with van der Waals surface area (Å²) < 4.78 is 1.06. The zero-order chi connectivity index (χ0) is 14.3. The Morgan fingerprint density at radius 3 is 2.50 bits per heavy atom. The number of pyridine rings is 1. The fraction of sp³-hybridized carbons (Fsp3) is 0.235. The van der Waals surface area contributed by atoms with Crippen LogP contribution in [-0.4, -0.2) is 4.98 Å². The van der Waals surface area contributed by atoms with Gasteiger partial charge in [0.05, 0.1) is 10.5 Å². The maximum Gasteiger partial charge on any atom is 0.0799 e. The van der Waals surface area contributed by atoms with Crippen LogP contribution in [0.4, 0.5) is 0 Å². The Kier molecular flexibility index (Phi) is 3.70. The number of nitrogens with zero attached hydrogens (tertiary/aromatic N) is 1. The molecule has 102 valence electrons. The smallest absolute Gasteiger partial charge is 0.0799 e. The topological polar surface area (TPSA) is 12.9 Å². The van der Waals surface area contributed by atoms with Crippen molar-refractivity contribution in [3.8, 4) is 0 Å². The second-order valence-electron chi connectivity index (χ2n) is 5.49. The quantitative estimate of drug-likeness (QED) is 0.517. The number of hydrogen-bond acceptors (Lipinski definition) is 1. The van der Waals surface area contributed by atoms with E-state index in [0.717, 1.165) is 37.9 Å². The number of halogens is 2. The molecule has 0 N–H and O–H groups in total. The highest BCUT2D eigenvalue weighted by Gasteiger charge is 2.11. The third kappa shape index (κ3) is 2.43. The minimum Gasteiger partial charge on any atom is -0.252 e. The third-order valence-electron chi connectivity index (χ3n) is 3.39. The van der Waals surface area contributed by atoms with E-state index in [4.69, 9.17) is 16.6 Å². The average molecular weight is 349 g/mol. The Labute approximate surface area is 132 Å². The summed E-state index contributed by atoms with van der Waals surface area (Å²) in [5.74, 6) is 0.567. The molecule has 0 atom stereocenters. The Bertz CT molecular complexity index is 796. The van der Waals surface area contributed by atoms with Gasteiger partial charge in [0.25, 0.3) is 0 Å². The molecule has 3 rings (SSSR count). The minimum atomic E-state index is 0.567. The molecule has 1 nitrogen and oxygen atoms in total. The molecule has 0 unspecified atom stereocenters. The van der Waals surface area contributed by atoms with E-state index in [9.17, 15) is 0 Å². The molecule has 3 heteroatoms. The highest BCUT2D eigenvalue weighted by Crippen LogP contribution is 2.34. The molecule has 0 saturated carbocycles. The van der Waals surface area contributed by atoms with Gasteiger partial charge < -0.3 is 0 Å². The second kappa shape index (κ2) is 5.34. The van der Waals surface area contributed by atoms with Gasteiger partial charge in [0.2, 0.25) is 0 Å². The van der Waals surface area contributed by atoms with Crippen LogP contribution in [0.3, 0.4) is 0 Å². The van der Waals surface area contributed by atoms with Crippen molar-refractivity contribution < 1.29 is 0 Å². The molecule has 0 saturated heterocycles. The van der Waals surface area contributed by atoms with Gasteiger partial charge in [0, 0.05) is 20.9 Å². The Morgan fingerprint density at radius 1 is 1.10 bits per heavy atom. The second-order valence-corrected chi connectivity index (χ2v) is 6.76. The van der Waals surface area contributed by atoms with Gasteiger partial charge in [-0.1, -0.05) is 65.6 Å². The van der Waals surface area contributed by atoms with Crippen molar-refractivity contribution in [2.75, 3.05) is 0 Å². The Balaban J connectivity index is 2.38. The van der Waals surface area contributed by atoms with Crippen LogP contribution < -0.4 is 0 Å². The van der Waals surface area contributed by atoms with Gasteiger partial charge in [-0.3, -0.25) is 4.98 Å². The highest BCUT2D eigenvalue weighted by atomic mass is 79.9. The maximum absolute atomic E-state index is 6.46. The van der Waals surface area contributed by atoms with E-state index in [-0.39, 0.29) is 0 Å². The molecular formula is C17H15BrClN. The lowest BCUT2D eigenvalue weighted by Gasteiger charge is -2.11. The molecule has 1 aromatic heterocycles. The predicted molar refractivity (Wildman–Crippen MR) is 90.5 cm³/mol. The molecule has 0 radical (unpaired) electrons. The summed E-state index contributed by atoms with van der Waals surface area (Å²) in [6.45, 7) is 4.39. The van der Waals surface area contributed by atoms with Crippen LogP contribution >= 0.6 is 27.5 Å². The summed E-state index contributed by atoms with van der Waals surface area (Å²) >= 11 is 10.1. The first kappa shape index (κ1) is 13.8. The minimum absolute atomic E-state index is 0.567. The van der Waals surface area contributed by atoms with Crippen molar-refractivity contribution in [2.24, 2.45) is 5.92 Å². The van der Waals surface area contributed by atoms with Gasteiger partial charge in [-0.05, 0) is 29.9 Å². The lowest BCUT2D eigenvalue weighted by atomic mass is 10.0. The van der Waals surface area contributed by atoms with E-state index >= 15 is 0 Å². The first-order valence-corrected chi connectivity index (χ1v) is 7.89. The van der Waals surface area contributed by atoms with Gasteiger partial charge >= 0.3 is 0 Å². The number of aromatic nitrogens is 1. The summed E-state index contributed by atoms with van der Waals surface area (Å²) in [5, 5.41) is 4.09. The normalized spacial score (nSPS) is 11.7. The molecule has 0 spiro atoms. The summed E-state index contributed by atoms with van der Waals surface area (Å²) in [4.78, 5) is 4.84. The van der Waals surface area contributed by atoms with Crippen molar-refractivity contribution in [2.45, 2.75) is 20.3 Å². The maximum atomic E-state index is 6.46. The number of fused-ring (bicyclic) bond motifs is 3.